The molecule has 39 nitrogen and oxygen atoms in total. The maximum absolute atomic E-state index is 13.5. The van der Waals surface area contributed by atoms with Gasteiger partial charge in [0.15, 0.2) is 12.6 Å². The second kappa shape index (κ2) is 29.2. The fourth-order valence-corrected chi connectivity index (χ4v) is 10.3. The monoisotopic (exact) mass is 1230 g/mol. The summed E-state index contributed by atoms with van der Waals surface area (Å²) in [5, 5.41) is 232. The molecule has 39 heteroatoms. The molecule has 0 aromatic carbocycles. The van der Waals surface area contributed by atoms with Crippen LogP contribution in [0, 0.1) is 0 Å². The number of hydrogen-bond donors (Lipinski definition) is 24. The lowest BCUT2D eigenvalue weighted by molar-refractivity contribution is -0.387. The van der Waals surface area contributed by atoms with Gasteiger partial charge < -0.3 is 166 Å². The van der Waals surface area contributed by atoms with Crippen LogP contribution in [0.3, 0.4) is 0 Å². The molecule has 5 saturated heterocycles. The Bertz CT molecular complexity index is 2240. The second-order valence-electron chi connectivity index (χ2n) is 20.5. The quantitative estimate of drug-likeness (QED) is 0.0382. The molecule has 484 valence electrons. The minimum absolute atomic E-state index is 0.842. The first-order chi connectivity index (χ1) is 39.3. The van der Waals surface area contributed by atoms with Crippen LogP contribution in [-0.4, -0.2) is 353 Å². The van der Waals surface area contributed by atoms with Gasteiger partial charge in [0.25, 0.3) is 17.4 Å². The Hall–Kier alpha value is -4.26. The van der Waals surface area contributed by atoms with Crippen molar-refractivity contribution in [2.45, 2.75) is 203 Å². The van der Waals surface area contributed by atoms with Gasteiger partial charge in [-0.05, 0) is 0 Å². The zero-order valence-electron chi connectivity index (χ0n) is 44.3. The molecule has 84 heavy (non-hydrogen) atoms. The lowest BCUT2D eigenvalue weighted by Crippen LogP contribution is -2.72. The van der Waals surface area contributed by atoms with Crippen LogP contribution in [0.4, 0.5) is 0 Å². The first-order valence-electron chi connectivity index (χ1n) is 25.7. The molecule has 0 radical (unpaired) electrons. The van der Waals surface area contributed by atoms with Gasteiger partial charge in [-0.25, -0.2) is 14.4 Å². The summed E-state index contributed by atoms with van der Waals surface area (Å²) in [5.41, 5.74) is 0. The van der Waals surface area contributed by atoms with Gasteiger partial charge in [0.05, 0.1) is 69.5 Å². The van der Waals surface area contributed by atoms with Crippen LogP contribution in [-0.2, 0) is 71.4 Å². The van der Waals surface area contributed by atoms with E-state index in [9.17, 15) is 136 Å². The molecule has 24 N–H and O–H groups in total. The number of aliphatic hydroxyl groups is 18. The Labute approximate surface area is 472 Å². The Morgan fingerprint density at radius 1 is 0.512 bits per heavy atom. The number of hydrogen-bond acceptors (Lipinski definition) is 33. The van der Waals surface area contributed by atoms with Crippen molar-refractivity contribution in [1.29, 1.82) is 0 Å². The van der Waals surface area contributed by atoms with Crippen molar-refractivity contribution >= 4 is 35.6 Å². The smallest absolute Gasteiger partial charge is 0.364 e. The minimum atomic E-state index is -3.61. The number of carboxylic acid groups (broad SMARTS) is 3. The molecule has 5 aliphatic heterocycles. The average Bonchev–Trinajstić information content (AvgIpc) is 1.06. The van der Waals surface area contributed by atoms with Crippen LogP contribution in [0.25, 0.3) is 0 Å². The first kappa shape index (κ1) is 70.5. The van der Waals surface area contributed by atoms with E-state index >= 15 is 0 Å². The van der Waals surface area contributed by atoms with E-state index in [1.165, 1.54) is 0 Å². The van der Waals surface area contributed by atoms with Gasteiger partial charge in [-0.3, -0.25) is 14.4 Å². The Morgan fingerprint density at radius 3 is 1.32 bits per heavy atom. The van der Waals surface area contributed by atoms with Crippen molar-refractivity contribution in [3.05, 3.63) is 0 Å². The number of carboxylic acids is 3. The van der Waals surface area contributed by atoms with Crippen molar-refractivity contribution in [1.82, 2.24) is 16.0 Å². The molecule has 28 atom stereocenters. The van der Waals surface area contributed by atoms with Gasteiger partial charge in [-0.15, -0.1) is 0 Å². The van der Waals surface area contributed by atoms with Crippen LogP contribution in [0.5, 0.6) is 0 Å². The molecule has 0 bridgehead atoms. The van der Waals surface area contributed by atoms with Crippen LogP contribution in [0.1, 0.15) is 33.1 Å². The van der Waals surface area contributed by atoms with Crippen molar-refractivity contribution in [2.24, 2.45) is 0 Å². The minimum Gasteiger partial charge on any atom is -0.477 e. The molecule has 0 aliphatic carbocycles. The molecule has 0 aromatic rings. The van der Waals surface area contributed by atoms with Gasteiger partial charge in [-0.2, -0.15) is 0 Å². The molecule has 0 aromatic heterocycles. The predicted octanol–water partition coefficient (Wildman–Crippen LogP) is -14.9. The standard InChI is InChI=1S/C45H73N3O36/c1-12(55)46-23-14(57)3-43(40(70)71,81-34(23)26(62)17(60)6-49)79-20(9-52)29(65)36-25(48-22(61)11-54)16(59)4-44(82-36,41(72)73)80-19(8-51)28(64)35-24(47-13(2)56)15(58)5-45(83-35,42(74)75)84-37-27(63)18(7-50)77-39(32(37)68)78-33-21(10-53)76-38(69)31(67)30(33)66/h14-21,23-39,49-54,57-60,62-69H,3-11H2,1-2H3,(H,46,55)(H,47,56)(H,48,61)(H,70,71)(H,72,73)(H,74,75)/t14-,15-,16-,17+,18+,19+,20+,21+,23+,24+,25+,26+,27-,28+,29+,30+,31+,32+,33+,34+,35+,36+,37-,38+,39-,43+,44+,45-/m0/s1. The summed E-state index contributed by atoms with van der Waals surface area (Å²) < 4.78 is 49.9. The molecular formula is C45H73N3O36. The van der Waals surface area contributed by atoms with E-state index in [0.717, 1.165) is 13.8 Å². The maximum Gasteiger partial charge on any atom is 0.364 e. The number of nitrogens with one attached hydrogen (secondary N) is 3. The van der Waals surface area contributed by atoms with E-state index in [2.05, 4.69) is 10.6 Å². The third-order valence-electron chi connectivity index (χ3n) is 14.6. The number of rotatable bonds is 26. The van der Waals surface area contributed by atoms with E-state index in [1.807, 2.05) is 5.32 Å². The zero-order valence-corrected chi connectivity index (χ0v) is 44.3. The summed E-state index contributed by atoms with van der Waals surface area (Å²) in [5.74, 6) is -20.6. The number of ether oxygens (including phenoxy) is 9. The molecule has 0 unspecified atom stereocenters. The number of carbonyl (C=O) groups excluding carboxylic acids is 3. The van der Waals surface area contributed by atoms with Crippen LogP contribution < -0.4 is 16.0 Å². The molecule has 0 saturated carbocycles. The molecule has 0 spiro atoms. The SMILES string of the molecule is CC(=O)N[C@H]1[C@H]([C@H](O)[C@H](O)CO)O[C@@](O[C@H](CO)[C@@H](O)[C@@H]2O[C@@](O[C@H](CO)[C@@H](O)[C@@H]3O[C@@](O[C@H]4[C@@H](O)[C@@H](CO)O[C@@H](O[C@H]5[C@H](O)[C@@H](O)[C@H](O)O[C@@H]5CO)[C@@H]4O)(C(=O)O)C[C@H](O)[C@H]3NC(C)=O)(C(=O)O)C[C@H](O)[C@H]2NC(=O)CO)(C(=O)O)C[C@@H]1O. The maximum atomic E-state index is 13.5. The Morgan fingerprint density at radius 2 is 0.929 bits per heavy atom. The van der Waals surface area contributed by atoms with Gasteiger partial charge >= 0.3 is 17.9 Å². The molecule has 5 heterocycles. The third-order valence-corrected chi connectivity index (χ3v) is 14.6. The normalized spacial score (nSPS) is 41.4. The Balaban J connectivity index is 1.53. The number of amides is 3. The lowest BCUT2D eigenvalue weighted by atomic mass is 9.86. The number of carbonyl (C=O) groups is 6. The molecular weight excluding hydrogens is 1160 g/mol. The summed E-state index contributed by atoms with van der Waals surface area (Å²) in [4.78, 5) is 77.2. The first-order valence-corrected chi connectivity index (χ1v) is 25.7. The second-order valence-corrected chi connectivity index (χ2v) is 20.5. The predicted molar refractivity (Wildman–Crippen MR) is 254 cm³/mol. The third kappa shape index (κ3) is 15.0. The summed E-state index contributed by atoms with van der Waals surface area (Å²) >= 11 is 0. The highest BCUT2D eigenvalue weighted by atomic mass is 16.8. The van der Waals surface area contributed by atoms with Gasteiger partial charge in [-0.1, -0.05) is 0 Å². The zero-order chi connectivity index (χ0) is 63.2. The summed E-state index contributed by atoms with van der Waals surface area (Å²) in [6, 6.07) is -6.01. The van der Waals surface area contributed by atoms with E-state index in [4.69, 9.17) is 42.6 Å². The fourth-order valence-electron chi connectivity index (χ4n) is 10.3. The van der Waals surface area contributed by atoms with Gasteiger partial charge in [0.1, 0.15) is 110 Å². The lowest BCUT2D eigenvalue weighted by Gasteiger charge is -2.51. The largest absolute Gasteiger partial charge is 0.477 e. The van der Waals surface area contributed by atoms with E-state index in [1.54, 1.807) is 0 Å². The molecule has 5 rings (SSSR count). The molecule has 5 fully saturated rings. The average molecular weight is 1230 g/mol. The molecule has 5 aliphatic rings. The fraction of sp³-hybridized carbons (Fsp3) is 0.867. The van der Waals surface area contributed by atoms with Crippen molar-refractivity contribution < 1.29 is 179 Å². The number of aliphatic hydroxyl groups excluding tert-OH is 18. The highest BCUT2D eigenvalue weighted by Crippen LogP contribution is 2.42. The van der Waals surface area contributed by atoms with Gasteiger partial charge in [0, 0.05) is 33.1 Å². The van der Waals surface area contributed by atoms with Crippen LogP contribution in [0.2, 0.25) is 0 Å². The number of aliphatic carboxylic acids is 3. The van der Waals surface area contributed by atoms with Crippen molar-refractivity contribution in [2.75, 3.05) is 39.6 Å². The summed E-state index contributed by atoms with van der Waals surface area (Å²) in [6.45, 7) is -6.25. The Kier molecular flexibility index (Phi) is 24.5. The van der Waals surface area contributed by atoms with E-state index < -0.39 is 265 Å². The topological polar surface area (TPSA) is 646 Å². The molecule has 3 amide bonds. The van der Waals surface area contributed by atoms with E-state index in [0.29, 0.717) is 0 Å². The van der Waals surface area contributed by atoms with Crippen molar-refractivity contribution in [3.8, 4) is 0 Å². The van der Waals surface area contributed by atoms with Crippen LogP contribution in [0.15, 0.2) is 0 Å². The highest BCUT2D eigenvalue weighted by Gasteiger charge is 2.64. The van der Waals surface area contributed by atoms with Gasteiger partial charge in [0.2, 0.25) is 17.7 Å². The van der Waals surface area contributed by atoms with Crippen molar-refractivity contribution in [3.63, 3.8) is 0 Å². The van der Waals surface area contributed by atoms with Crippen LogP contribution >= 0.6 is 0 Å². The highest BCUT2D eigenvalue weighted by molar-refractivity contribution is 5.79. The summed E-state index contributed by atoms with van der Waals surface area (Å²) in [7, 11) is 0. The summed E-state index contributed by atoms with van der Waals surface area (Å²) in [6.07, 6.45) is -54.8. The van der Waals surface area contributed by atoms with E-state index in [-0.39, 0.29) is 0 Å².